The maximum absolute atomic E-state index is 12.0. The van der Waals surface area contributed by atoms with Crippen LogP contribution in [0.5, 0.6) is 0 Å². The highest BCUT2D eigenvalue weighted by molar-refractivity contribution is 7.90. The summed E-state index contributed by atoms with van der Waals surface area (Å²) >= 11 is 0. The molecule has 6 heteroatoms. The normalized spacial score (nSPS) is 17.1. The molecule has 1 N–H and O–H groups in total. The summed E-state index contributed by atoms with van der Waals surface area (Å²) in [5.41, 5.74) is 0.237. The summed E-state index contributed by atoms with van der Waals surface area (Å²) in [6.45, 7) is 0. The van der Waals surface area contributed by atoms with Crippen LogP contribution in [0.1, 0.15) is 41.8 Å². The maximum atomic E-state index is 12.0. The zero-order valence-electron chi connectivity index (χ0n) is 9.96. The minimum atomic E-state index is -3.27. The third-order valence-electron chi connectivity index (χ3n) is 3.28. The SMILES string of the molecule is O=C(O)c1occc1CS(=O)(=O)CC1CCCC1. The summed E-state index contributed by atoms with van der Waals surface area (Å²) in [4.78, 5) is 10.8. The molecule has 1 fully saturated rings. The molecule has 0 unspecified atom stereocenters. The van der Waals surface area contributed by atoms with Crippen molar-refractivity contribution in [3.63, 3.8) is 0 Å². The van der Waals surface area contributed by atoms with Gasteiger partial charge >= 0.3 is 5.97 Å². The summed E-state index contributed by atoms with van der Waals surface area (Å²) < 4.78 is 28.8. The van der Waals surface area contributed by atoms with Gasteiger partial charge in [-0.2, -0.15) is 0 Å². The highest BCUT2D eigenvalue weighted by Crippen LogP contribution is 2.27. The molecule has 2 rings (SSSR count). The first-order chi connectivity index (χ1) is 8.48. The van der Waals surface area contributed by atoms with Crippen molar-refractivity contribution in [3.05, 3.63) is 23.7 Å². The van der Waals surface area contributed by atoms with Crippen molar-refractivity contribution in [2.24, 2.45) is 5.92 Å². The second-order valence-electron chi connectivity index (χ2n) is 4.79. The Morgan fingerprint density at radius 1 is 1.39 bits per heavy atom. The zero-order chi connectivity index (χ0) is 13.2. The molecule has 0 saturated heterocycles. The van der Waals surface area contributed by atoms with E-state index < -0.39 is 15.8 Å². The van der Waals surface area contributed by atoms with Crippen LogP contribution in [0.3, 0.4) is 0 Å². The zero-order valence-corrected chi connectivity index (χ0v) is 10.8. The first-order valence-corrected chi connectivity index (χ1v) is 7.80. The van der Waals surface area contributed by atoms with E-state index >= 15 is 0 Å². The van der Waals surface area contributed by atoms with Crippen LogP contribution < -0.4 is 0 Å². The Bertz CT molecular complexity index is 522. The molecule has 1 saturated carbocycles. The molecule has 1 aromatic heterocycles. The van der Waals surface area contributed by atoms with Gasteiger partial charge in [-0.05, 0) is 24.8 Å². The average molecular weight is 272 g/mol. The van der Waals surface area contributed by atoms with Gasteiger partial charge in [-0.3, -0.25) is 0 Å². The number of rotatable bonds is 5. The predicted molar refractivity (Wildman–Crippen MR) is 65.1 cm³/mol. The Morgan fingerprint density at radius 2 is 2.06 bits per heavy atom. The van der Waals surface area contributed by atoms with Crippen molar-refractivity contribution in [2.75, 3.05) is 5.75 Å². The summed E-state index contributed by atoms with van der Waals surface area (Å²) in [6.07, 6.45) is 5.30. The molecule has 0 aliphatic heterocycles. The van der Waals surface area contributed by atoms with Crippen molar-refractivity contribution >= 4 is 15.8 Å². The minimum absolute atomic E-state index is 0.150. The fourth-order valence-corrected chi connectivity index (χ4v) is 4.34. The van der Waals surface area contributed by atoms with Crippen LogP contribution in [0.25, 0.3) is 0 Å². The summed E-state index contributed by atoms with van der Waals surface area (Å²) in [7, 11) is -3.27. The molecule has 0 aromatic carbocycles. The van der Waals surface area contributed by atoms with Gasteiger partial charge in [0.1, 0.15) is 0 Å². The lowest BCUT2D eigenvalue weighted by molar-refractivity contribution is 0.0661. The van der Waals surface area contributed by atoms with Gasteiger partial charge in [0.2, 0.25) is 5.76 Å². The number of hydrogen-bond acceptors (Lipinski definition) is 4. The predicted octanol–water partition coefficient (Wildman–Crippen LogP) is 2.08. The number of carbonyl (C=O) groups is 1. The van der Waals surface area contributed by atoms with E-state index in [1.165, 1.54) is 12.3 Å². The van der Waals surface area contributed by atoms with E-state index in [4.69, 9.17) is 9.52 Å². The van der Waals surface area contributed by atoms with Crippen LogP contribution in [0.2, 0.25) is 0 Å². The van der Waals surface area contributed by atoms with E-state index in [0.717, 1.165) is 25.7 Å². The number of carboxylic acid groups (broad SMARTS) is 1. The van der Waals surface area contributed by atoms with Crippen molar-refractivity contribution in [2.45, 2.75) is 31.4 Å². The van der Waals surface area contributed by atoms with Gasteiger partial charge in [0.25, 0.3) is 0 Å². The van der Waals surface area contributed by atoms with Gasteiger partial charge in [-0.15, -0.1) is 0 Å². The number of hydrogen-bond donors (Lipinski definition) is 1. The van der Waals surface area contributed by atoms with E-state index in [1.54, 1.807) is 0 Å². The maximum Gasteiger partial charge on any atom is 0.372 e. The average Bonchev–Trinajstić information content (AvgIpc) is 2.87. The molecule has 0 amide bonds. The third-order valence-corrected chi connectivity index (χ3v) is 5.01. The van der Waals surface area contributed by atoms with Gasteiger partial charge in [-0.1, -0.05) is 12.8 Å². The van der Waals surface area contributed by atoms with Gasteiger partial charge < -0.3 is 9.52 Å². The number of aromatic carboxylic acids is 1. The van der Waals surface area contributed by atoms with Crippen molar-refractivity contribution in [1.29, 1.82) is 0 Å². The van der Waals surface area contributed by atoms with Crippen LogP contribution in [-0.2, 0) is 15.6 Å². The van der Waals surface area contributed by atoms with Crippen LogP contribution in [0.4, 0.5) is 0 Å². The van der Waals surface area contributed by atoms with Crippen LogP contribution in [0.15, 0.2) is 16.7 Å². The number of sulfone groups is 1. The monoisotopic (exact) mass is 272 g/mol. The van der Waals surface area contributed by atoms with E-state index in [-0.39, 0.29) is 28.7 Å². The Kier molecular flexibility index (Phi) is 3.75. The molecule has 18 heavy (non-hydrogen) atoms. The Balaban J connectivity index is 2.07. The molecule has 0 atom stereocenters. The topological polar surface area (TPSA) is 84.6 Å². The molecule has 1 aromatic rings. The lowest BCUT2D eigenvalue weighted by atomic mass is 10.1. The molecule has 0 radical (unpaired) electrons. The Hall–Kier alpha value is -1.30. The molecular weight excluding hydrogens is 256 g/mol. The van der Waals surface area contributed by atoms with Gasteiger partial charge in [0, 0.05) is 5.56 Å². The van der Waals surface area contributed by atoms with E-state index in [1.807, 2.05) is 0 Å². The quantitative estimate of drug-likeness (QED) is 0.887. The van der Waals surface area contributed by atoms with Gasteiger partial charge in [0.15, 0.2) is 9.84 Å². The molecule has 1 aliphatic carbocycles. The molecule has 1 aliphatic rings. The van der Waals surface area contributed by atoms with Crippen LogP contribution in [-0.4, -0.2) is 25.2 Å². The lowest BCUT2D eigenvalue weighted by Gasteiger charge is -2.09. The highest BCUT2D eigenvalue weighted by Gasteiger charge is 2.25. The first kappa shape index (κ1) is 13.1. The van der Waals surface area contributed by atoms with Crippen LogP contribution >= 0.6 is 0 Å². The van der Waals surface area contributed by atoms with Crippen molar-refractivity contribution in [3.8, 4) is 0 Å². The molecule has 1 heterocycles. The Labute approximate surface area is 106 Å². The molecule has 0 bridgehead atoms. The fraction of sp³-hybridized carbons (Fsp3) is 0.583. The van der Waals surface area contributed by atoms with E-state index in [9.17, 15) is 13.2 Å². The lowest BCUT2D eigenvalue weighted by Crippen LogP contribution is -2.16. The fourth-order valence-electron chi connectivity index (χ4n) is 2.47. The summed E-state index contributed by atoms with van der Waals surface area (Å²) in [6, 6.07) is 1.41. The second-order valence-corrected chi connectivity index (χ2v) is 6.89. The Morgan fingerprint density at radius 3 is 2.67 bits per heavy atom. The molecule has 0 spiro atoms. The van der Waals surface area contributed by atoms with Crippen molar-refractivity contribution in [1.82, 2.24) is 0 Å². The van der Waals surface area contributed by atoms with E-state index in [2.05, 4.69) is 0 Å². The summed E-state index contributed by atoms with van der Waals surface area (Å²) in [5.74, 6) is -1.37. The first-order valence-electron chi connectivity index (χ1n) is 5.98. The summed E-state index contributed by atoms with van der Waals surface area (Å²) in [5, 5.41) is 8.85. The van der Waals surface area contributed by atoms with Crippen LogP contribution in [0, 0.1) is 5.92 Å². The van der Waals surface area contributed by atoms with Crippen molar-refractivity contribution < 1.29 is 22.7 Å². The second kappa shape index (κ2) is 5.14. The molecular formula is C12H16O5S. The smallest absolute Gasteiger partial charge is 0.372 e. The largest absolute Gasteiger partial charge is 0.475 e. The minimum Gasteiger partial charge on any atom is -0.475 e. The third kappa shape index (κ3) is 3.13. The standard InChI is InChI=1S/C12H16O5S/c13-12(14)11-10(5-6-17-11)8-18(15,16)7-9-3-1-2-4-9/h5-6,9H,1-4,7-8H2,(H,13,14). The van der Waals surface area contributed by atoms with E-state index in [0.29, 0.717) is 0 Å². The number of furan rings is 1. The molecule has 5 nitrogen and oxygen atoms in total. The number of carboxylic acids is 1. The molecule has 100 valence electrons. The van der Waals surface area contributed by atoms with Gasteiger partial charge in [0.05, 0.1) is 17.8 Å². The van der Waals surface area contributed by atoms with Gasteiger partial charge in [-0.25, -0.2) is 13.2 Å². The highest BCUT2D eigenvalue weighted by atomic mass is 32.2.